The summed E-state index contributed by atoms with van der Waals surface area (Å²) in [5.41, 5.74) is 1.04. The predicted octanol–water partition coefficient (Wildman–Crippen LogP) is 4.82. The minimum absolute atomic E-state index is 0.172. The van der Waals surface area contributed by atoms with Crippen LogP contribution in [-0.2, 0) is 4.79 Å². The van der Waals surface area contributed by atoms with Crippen molar-refractivity contribution < 1.29 is 19.5 Å². The van der Waals surface area contributed by atoms with E-state index in [-0.39, 0.29) is 18.2 Å². The van der Waals surface area contributed by atoms with Gasteiger partial charge in [-0.1, -0.05) is 43.5 Å². The van der Waals surface area contributed by atoms with Gasteiger partial charge in [0.25, 0.3) is 11.8 Å². The second-order valence-corrected chi connectivity index (χ2v) is 6.97. The number of rotatable bonds is 13. The van der Waals surface area contributed by atoms with Crippen LogP contribution in [0.15, 0.2) is 36.4 Å². The SMILES string of the molecule is O=C(O)CCCCCCC/C=C\CCCCN1C(=O)c2ccccc2C1=O. The summed E-state index contributed by atoms with van der Waals surface area (Å²) < 4.78 is 0. The molecule has 0 radical (unpaired) electrons. The van der Waals surface area contributed by atoms with E-state index < -0.39 is 5.97 Å². The number of benzene rings is 1. The van der Waals surface area contributed by atoms with Gasteiger partial charge in [0.1, 0.15) is 0 Å². The lowest BCUT2D eigenvalue weighted by Crippen LogP contribution is -2.30. The van der Waals surface area contributed by atoms with E-state index in [2.05, 4.69) is 12.2 Å². The lowest BCUT2D eigenvalue weighted by Gasteiger charge is -2.12. The highest BCUT2D eigenvalue weighted by Crippen LogP contribution is 2.22. The summed E-state index contributed by atoms with van der Waals surface area (Å²) in [4.78, 5) is 36.2. The Balaban J connectivity index is 1.49. The van der Waals surface area contributed by atoms with Gasteiger partial charge in [-0.15, -0.1) is 0 Å². The third kappa shape index (κ3) is 6.66. The molecule has 0 atom stereocenters. The zero-order valence-electron chi connectivity index (χ0n) is 15.9. The summed E-state index contributed by atoms with van der Waals surface area (Å²) in [5.74, 6) is -1.05. The molecule has 2 rings (SSSR count). The molecule has 1 aromatic rings. The molecule has 1 heterocycles. The molecule has 1 N–H and O–H groups in total. The van der Waals surface area contributed by atoms with Crippen molar-refractivity contribution in [2.45, 2.75) is 64.2 Å². The van der Waals surface area contributed by atoms with Crippen LogP contribution in [0.25, 0.3) is 0 Å². The summed E-state index contributed by atoms with van der Waals surface area (Å²) >= 11 is 0. The maximum atomic E-state index is 12.2. The molecule has 1 aromatic carbocycles. The van der Waals surface area contributed by atoms with E-state index in [1.54, 1.807) is 24.3 Å². The van der Waals surface area contributed by atoms with Gasteiger partial charge in [0.2, 0.25) is 0 Å². The molecule has 0 spiro atoms. The zero-order valence-corrected chi connectivity index (χ0v) is 15.9. The molecule has 0 aliphatic carbocycles. The first-order valence-electron chi connectivity index (χ1n) is 9.93. The van der Waals surface area contributed by atoms with Gasteiger partial charge in [0.05, 0.1) is 11.1 Å². The molecule has 1 aliphatic rings. The topological polar surface area (TPSA) is 74.7 Å². The smallest absolute Gasteiger partial charge is 0.303 e. The Labute approximate surface area is 161 Å². The fourth-order valence-electron chi connectivity index (χ4n) is 3.28. The molecule has 0 saturated carbocycles. The number of imide groups is 1. The molecule has 0 saturated heterocycles. The molecule has 0 fully saturated rings. The van der Waals surface area contributed by atoms with Gasteiger partial charge in [-0.2, -0.15) is 0 Å². The van der Waals surface area contributed by atoms with Crippen LogP contribution in [0.2, 0.25) is 0 Å². The number of hydrogen-bond acceptors (Lipinski definition) is 3. The summed E-state index contributed by atoms with van der Waals surface area (Å²) in [7, 11) is 0. The Kier molecular flexibility index (Phi) is 8.75. The van der Waals surface area contributed by atoms with E-state index in [0.29, 0.717) is 17.7 Å². The van der Waals surface area contributed by atoms with E-state index in [0.717, 1.165) is 57.8 Å². The van der Waals surface area contributed by atoms with Crippen molar-refractivity contribution in [1.82, 2.24) is 4.90 Å². The third-order valence-corrected chi connectivity index (χ3v) is 4.81. The number of carbonyl (C=O) groups excluding carboxylic acids is 2. The largest absolute Gasteiger partial charge is 0.481 e. The molecule has 5 heteroatoms. The third-order valence-electron chi connectivity index (χ3n) is 4.81. The van der Waals surface area contributed by atoms with Gasteiger partial charge in [0, 0.05) is 13.0 Å². The van der Waals surface area contributed by atoms with Gasteiger partial charge in [0.15, 0.2) is 0 Å². The van der Waals surface area contributed by atoms with Crippen LogP contribution < -0.4 is 0 Å². The Bertz CT molecular complexity index is 646. The predicted molar refractivity (Wildman–Crippen MR) is 105 cm³/mol. The van der Waals surface area contributed by atoms with Crippen molar-refractivity contribution in [2.75, 3.05) is 6.54 Å². The lowest BCUT2D eigenvalue weighted by atomic mass is 10.1. The first-order chi connectivity index (χ1) is 13.1. The lowest BCUT2D eigenvalue weighted by molar-refractivity contribution is -0.137. The summed E-state index contributed by atoms with van der Waals surface area (Å²) in [6, 6.07) is 7.00. The maximum Gasteiger partial charge on any atom is 0.303 e. The number of hydrogen-bond donors (Lipinski definition) is 1. The van der Waals surface area contributed by atoms with Crippen molar-refractivity contribution >= 4 is 17.8 Å². The van der Waals surface area contributed by atoms with Crippen molar-refractivity contribution in [3.63, 3.8) is 0 Å². The Morgan fingerprint density at radius 2 is 1.33 bits per heavy atom. The molecule has 0 bridgehead atoms. The minimum atomic E-state index is -0.707. The van der Waals surface area contributed by atoms with Crippen LogP contribution in [0.5, 0.6) is 0 Å². The normalized spacial score (nSPS) is 13.6. The molecule has 5 nitrogen and oxygen atoms in total. The highest BCUT2D eigenvalue weighted by atomic mass is 16.4. The number of amides is 2. The van der Waals surface area contributed by atoms with Crippen LogP contribution in [0, 0.1) is 0 Å². The number of allylic oxidation sites excluding steroid dienone is 2. The van der Waals surface area contributed by atoms with Crippen LogP contribution in [0.4, 0.5) is 0 Å². The molecule has 146 valence electrons. The Hall–Kier alpha value is -2.43. The van der Waals surface area contributed by atoms with Gasteiger partial charge >= 0.3 is 5.97 Å². The number of nitrogens with zero attached hydrogens (tertiary/aromatic N) is 1. The van der Waals surface area contributed by atoms with Crippen molar-refractivity contribution in [2.24, 2.45) is 0 Å². The van der Waals surface area contributed by atoms with E-state index in [1.807, 2.05) is 0 Å². The summed E-state index contributed by atoms with van der Waals surface area (Å²) in [5, 5.41) is 8.56. The standard InChI is InChI=1S/C22H29NO4/c24-20(25)16-10-8-6-4-2-1-3-5-7-9-13-17-23-21(26)18-14-11-12-15-19(18)22(23)27/h3,5,11-12,14-15H,1-2,4,6-10,13,16-17H2,(H,24,25)/b5-3-. The second kappa shape index (κ2) is 11.3. The number of carbonyl (C=O) groups is 3. The Morgan fingerprint density at radius 3 is 1.93 bits per heavy atom. The fourth-order valence-corrected chi connectivity index (χ4v) is 3.28. The summed E-state index contributed by atoms with van der Waals surface area (Å²) in [6.07, 6.45) is 13.6. The molecule has 1 aliphatic heterocycles. The van der Waals surface area contributed by atoms with E-state index >= 15 is 0 Å². The molecule has 27 heavy (non-hydrogen) atoms. The van der Waals surface area contributed by atoms with Crippen molar-refractivity contribution in [3.05, 3.63) is 47.5 Å². The van der Waals surface area contributed by atoms with Crippen LogP contribution >= 0.6 is 0 Å². The number of aliphatic carboxylic acids is 1. The second-order valence-electron chi connectivity index (χ2n) is 6.97. The monoisotopic (exact) mass is 371 g/mol. The van der Waals surface area contributed by atoms with Gasteiger partial charge in [-0.3, -0.25) is 19.3 Å². The Morgan fingerprint density at radius 1 is 0.815 bits per heavy atom. The van der Waals surface area contributed by atoms with E-state index in [1.165, 1.54) is 4.90 Å². The van der Waals surface area contributed by atoms with E-state index in [4.69, 9.17) is 5.11 Å². The highest BCUT2D eigenvalue weighted by Gasteiger charge is 2.34. The molecule has 2 amide bonds. The number of carboxylic acid groups (broad SMARTS) is 1. The molecular formula is C22H29NO4. The van der Waals surface area contributed by atoms with Crippen LogP contribution in [0.1, 0.15) is 84.9 Å². The summed E-state index contributed by atoms with van der Waals surface area (Å²) in [6.45, 7) is 0.483. The molecular weight excluding hydrogens is 342 g/mol. The first-order valence-corrected chi connectivity index (χ1v) is 9.93. The van der Waals surface area contributed by atoms with Crippen molar-refractivity contribution in [1.29, 1.82) is 0 Å². The van der Waals surface area contributed by atoms with Gasteiger partial charge < -0.3 is 5.11 Å². The number of unbranched alkanes of at least 4 members (excludes halogenated alkanes) is 7. The van der Waals surface area contributed by atoms with Crippen molar-refractivity contribution in [3.8, 4) is 0 Å². The fraction of sp³-hybridized carbons (Fsp3) is 0.500. The molecule has 0 aromatic heterocycles. The average molecular weight is 371 g/mol. The van der Waals surface area contributed by atoms with E-state index in [9.17, 15) is 14.4 Å². The van der Waals surface area contributed by atoms with Gasteiger partial charge in [-0.25, -0.2) is 0 Å². The minimum Gasteiger partial charge on any atom is -0.481 e. The highest BCUT2D eigenvalue weighted by molar-refractivity contribution is 6.21. The first kappa shape index (κ1) is 20.9. The zero-order chi connectivity index (χ0) is 19.5. The van der Waals surface area contributed by atoms with Gasteiger partial charge in [-0.05, 0) is 50.7 Å². The van der Waals surface area contributed by atoms with Crippen LogP contribution in [-0.4, -0.2) is 34.3 Å². The molecule has 0 unspecified atom stereocenters. The maximum absolute atomic E-state index is 12.2. The number of fused-ring (bicyclic) bond motifs is 1. The average Bonchev–Trinajstić information content (AvgIpc) is 2.90. The van der Waals surface area contributed by atoms with Crippen LogP contribution in [0.3, 0.4) is 0 Å². The quantitative estimate of drug-likeness (QED) is 0.306. The number of carboxylic acids is 1.